The van der Waals surface area contributed by atoms with Crippen LogP contribution in [0.25, 0.3) is 16.8 Å². The first kappa shape index (κ1) is 10.7. The Bertz CT molecular complexity index is 713. The van der Waals surface area contributed by atoms with Crippen molar-refractivity contribution in [1.29, 1.82) is 0 Å². The van der Waals surface area contributed by atoms with Crippen LogP contribution in [-0.4, -0.2) is 20.7 Å². The molecule has 0 amide bonds. The lowest BCUT2D eigenvalue weighted by atomic mass is 10.1. The van der Waals surface area contributed by atoms with E-state index in [2.05, 4.69) is 9.97 Å². The molecule has 0 aromatic carbocycles. The average Bonchev–Trinajstić information content (AvgIpc) is 2.81. The fourth-order valence-electron chi connectivity index (χ4n) is 1.88. The van der Waals surface area contributed by atoms with E-state index in [0.29, 0.717) is 5.69 Å². The van der Waals surface area contributed by atoms with Gasteiger partial charge in [0.25, 0.3) is 0 Å². The molecular formula is C14H11N3O. The van der Waals surface area contributed by atoms with Gasteiger partial charge in [-0.15, -0.1) is 0 Å². The van der Waals surface area contributed by atoms with Gasteiger partial charge in [0.05, 0.1) is 0 Å². The molecule has 0 unspecified atom stereocenters. The van der Waals surface area contributed by atoms with Crippen molar-refractivity contribution in [2.75, 3.05) is 0 Å². The molecule has 4 heteroatoms. The van der Waals surface area contributed by atoms with Crippen molar-refractivity contribution < 1.29 is 4.79 Å². The molecule has 0 aliphatic heterocycles. The van der Waals surface area contributed by atoms with Gasteiger partial charge >= 0.3 is 0 Å². The number of pyridine rings is 2. The summed E-state index contributed by atoms with van der Waals surface area (Å²) in [6, 6.07) is 7.87. The third kappa shape index (κ3) is 1.78. The van der Waals surface area contributed by atoms with E-state index < -0.39 is 0 Å². The highest BCUT2D eigenvalue weighted by Gasteiger charge is 2.03. The van der Waals surface area contributed by atoms with Gasteiger partial charge < -0.3 is 4.40 Å². The van der Waals surface area contributed by atoms with Crippen molar-refractivity contribution >= 4 is 11.9 Å². The van der Waals surface area contributed by atoms with E-state index in [1.165, 1.54) is 0 Å². The molecule has 0 bridgehead atoms. The number of aromatic nitrogens is 3. The third-order valence-electron chi connectivity index (χ3n) is 2.84. The Morgan fingerprint density at radius 3 is 2.67 bits per heavy atom. The predicted octanol–water partition coefficient (Wildman–Crippen LogP) is 2.52. The molecule has 0 fully saturated rings. The first-order valence-electron chi connectivity index (χ1n) is 5.63. The SMILES string of the molecule is Cc1ccc(-c2ccc3nc(C=O)cn3c2)cn1. The van der Waals surface area contributed by atoms with Crippen LogP contribution in [0.3, 0.4) is 0 Å². The van der Waals surface area contributed by atoms with E-state index in [1.54, 1.807) is 6.20 Å². The van der Waals surface area contributed by atoms with E-state index in [-0.39, 0.29) is 0 Å². The number of fused-ring (bicyclic) bond motifs is 1. The summed E-state index contributed by atoms with van der Waals surface area (Å²) in [6.07, 6.45) is 6.25. The van der Waals surface area contributed by atoms with Crippen molar-refractivity contribution in [3.8, 4) is 11.1 Å². The zero-order valence-corrected chi connectivity index (χ0v) is 9.87. The Morgan fingerprint density at radius 2 is 1.94 bits per heavy atom. The molecule has 3 rings (SSSR count). The van der Waals surface area contributed by atoms with E-state index in [9.17, 15) is 4.79 Å². The lowest BCUT2D eigenvalue weighted by Gasteiger charge is -2.02. The zero-order chi connectivity index (χ0) is 12.5. The highest BCUT2D eigenvalue weighted by molar-refractivity contribution is 5.74. The van der Waals surface area contributed by atoms with Crippen molar-refractivity contribution in [3.63, 3.8) is 0 Å². The molecule has 0 atom stereocenters. The number of aryl methyl sites for hydroxylation is 1. The maximum absolute atomic E-state index is 10.7. The van der Waals surface area contributed by atoms with Crippen LogP contribution in [0.2, 0.25) is 0 Å². The van der Waals surface area contributed by atoms with Crippen molar-refractivity contribution in [2.45, 2.75) is 6.92 Å². The van der Waals surface area contributed by atoms with Crippen LogP contribution in [0.1, 0.15) is 16.2 Å². The van der Waals surface area contributed by atoms with Crippen LogP contribution >= 0.6 is 0 Å². The lowest BCUT2D eigenvalue weighted by Crippen LogP contribution is -1.87. The van der Waals surface area contributed by atoms with Gasteiger partial charge in [-0.05, 0) is 30.7 Å². The minimum atomic E-state index is 0.439. The summed E-state index contributed by atoms with van der Waals surface area (Å²) >= 11 is 0. The molecule has 3 heterocycles. The van der Waals surface area contributed by atoms with Gasteiger partial charge in [-0.25, -0.2) is 4.98 Å². The lowest BCUT2D eigenvalue weighted by molar-refractivity contribution is 0.111. The topological polar surface area (TPSA) is 47.3 Å². The van der Waals surface area contributed by atoms with Gasteiger partial charge in [0.1, 0.15) is 11.3 Å². The van der Waals surface area contributed by atoms with E-state index >= 15 is 0 Å². The standard InChI is InChI=1S/C14H11N3O/c1-10-2-3-11(6-15-10)12-4-5-14-16-13(9-18)8-17(14)7-12/h2-9H,1H3. The summed E-state index contributed by atoms with van der Waals surface area (Å²) in [4.78, 5) is 19.1. The molecule has 3 aromatic rings. The van der Waals surface area contributed by atoms with Crippen LogP contribution in [0.5, 0.6) is 0 Å². The molecule has 88 valence electrons. The van der Waals surface area contributed by atoms with Gasteiger partial charge in [0.15, 0.2) is 6.29 Å². The van der Waals surface area contributed by atoms with E-state index in [0.717, 1.165) is 28.8 Å². The molecule has 3 aromatic heterocycles. The van der Waals surface area contributed by atoms with Gasteiger partial charge in [-0.3, -0.25) is 9.78 Å². The predicted molar refractivity (Wildman–Crippen MR) is 68.5 cm³/mol. The fourth-order valence-corrected chi connectivity index (χ4v) is 1.88. The number of nitrogens with zero attached hydrogens (tertiary/aromatic N) is 3. The molecule has 0 N–H and O–H groups in total. The minimum absolute atomic E-state index is 0.439. The molecule has 0 aliphatic rings. The van der Waals surface area contributed by atoms with Crippen molar-refractivity contribution in [1.82, 2.24) is 14.4 Å². The number of hydrogen-bond acceptors (Lipinski definition) is 3. The summed E-state index contributed by atoms with van der Waals surface area (Å²) < 4.78 is 1.85. The monoisotopic (exact) mass is 237 g/mol. The molecule has 0 aliphatic carbocycles. The van der Waals surface area contributed by atoms with Crippen LogP contribution in [0, 0.1) is 6.92 Å². The molecule has 0 radical (unpaired) electrons. The normalized spacial score (nSPS) is 10.7. The third-order valence-corrected chi connectivity index (χ3v) is 2.84. The summed E-state index contributed by atoms with van der Waals surface area (Å²) in [6.45, 7) is 1.96. The maximum Gasteiger partial charge on any atom is 0.170 e. The van der Waals surface area contributed by atoms with Crippen molar-refractivity contribution in [2.24, 2.45) is 0 Å². The first-order chi connectivity index (χ1) is 8.76. The second-order valence-corrected chi connectivity index (χ2v) is 4.16. The zero-order valence-electron chi connectivity index (χ0n) is 9.87. The number of carbonyl (C=O) groups excluding carboxylic acids is 1. The summed E-state index contributed by atoms with van der Waals surface area (Å²) in [5, 5.41) is 0. The fraction of sp³-hybridized carbons (Fsp3) is 0.0714. The second kappa shape index (κ2) is 4.07. The molecule has 4 nitrogen and oxygen atoms in total. The quantitative estimate of drug-likeness (QED) is 0.643. The molecule has 0 saturated carbocycles. The average molecular weight is 237 g/mol. The molecule has 18 heavy (non-hydrogen) atoms. The van der Waals surface area contributed by atoms with Crippen LogP contribution < -0.4 is 0 Å². The van der Waals surface area contributed by atoms with Crippen molar-refractivity contribution in [3.05, 3.63) is 54.2 Å². The number of aldehydes is 1. The Balaban J connectivity index is 2.12. The maximum atomic E-state index is 10.7. The number of rotatable bonds is 2. The Kier molecular flexibility index (Phi) is 2.41. The van der Waals surface area contributed by atoms with Crippen LogP contribution in [0.4, 0.5) is 0 Å². The number of hydrogen-bond donors (Lipinski definition) is 0. The van der Waals surface area contributed by atoms with Gasteiger partial charge in [0, 0.05) is 29.8 Å². The van der Waals surface area contributed by atoms with Gasteiger partial charge in [-0.2, -0.15) is 0 Å². The molecule has 0 saturated heterocycles. The van der Waals surface area contributed by atoms with Gasteiger partial charge in [-0.1, -0.05) is 6.07 Å². The van der Waals surface area contributed by atoms with Crippen LogP contribution in [0.15, 0.2) is 42.9 Å². The summed E-state index contributed by atoms with van der Waals surface area (Å²) in [5.74, 6) is 0. The number of carbonyl (C=O) groups is 1. The first-order valence-corrected chi connectivity index (χ1v) is 5.63. The minimum Gasteiger partial charge on any atom is -0.306 e. The number of imidazole rings is 1. The van der Waals surface area contributed by atoms with Gasteiger partial charge in [0.2, 0.25) is 0 Å². The van der Waals surface area contributed by atoms with E-state index in [1.807, 2.05) is 48.0 Å². The molecule has 0 spiro atoms. The highest BCUT2D eigenvalue weighted by atomic mass is 16.1. The Labute approximate surface area is 104 Å². The molecular weight excluding hydrogens is 226 g/mol. The smallest absolute Gasteiger partial charge is 0.170 e. The van der Waals surface area contributed by atoms with Crippen LogP contribution in [-0.2, 0) is 0 Å². The summed E-state index contributed by atoms with van der Waals surface area (Å²) in [7, 11) is 0. The Morgan fingerprint density at radius 1 is 1.11 bits per heavy atom. The largest absolute Gasteiger partial charge is 0.306 e. The second-order valence-electron chi connectivity index (χ2n) is 4.16. The van der Waals surface area contributed by atoms with E-state index in [4.69, 9.17) is 0 Å². The summed E-state index contributed by atoms with van der Waals surface area (Å²) in [5.41, 5.74) is 4.29. The Hall–Kier alpha value is -2.49. The highest BCUT2D eigenvalue weighted by Crippen LogP contribution is 2.19.